The summed E-state index contributed by atoms with van der Waals surface area (Å²) in [5.74, 6) is -9.72. The second-order valence-electron chi connectivity index (χ2n) is 4.61. The molecule has 0 saturated heterocycles. The van der Waals surface area contributed by atoms with E-state index in [9.17, 15) is 22.0 Å². The Hall–Kier alpha value is -1.37. The van der Waals surface area contributed by atoms with E-state index in [-0.39, 0.29) is 12.6 Å². The molecule has 0 fully saturated rings. The fraction of sp³-hybridized carbons (Fsp3) is 0.538. The lowest BCUT2D eigenvalue weighted by molar-refractivity contribution is 0.261. The SMILES string of the molecule is CCC(C)N(C)CCNc1c(F)c(F)c(F)c(F)c1F. The molecule has 1 unspecified atom stereocenters. The van der Waals surface area contributed by atoms with Crippen molar-refractivity contribution in [3.8, 4) is 0 Å². The number of hydrogen-bond donors (Lipinski definition) is 1. The van der Waals surface area contributed by atoms with Crippen LogP contribution in [0.25, 0.3) is 0 Å². The minimum atomic E-state index is -2.15. The van der Waals surface area contributed by atoms with Crippen LogP contribution in [0.4, 0.5) is 27.6 Å². The lowest BCUT2D eigenvalue weighted by atomic mass is 10.2. The van der Waals surface area contributed by atoms with E-state index in [4.69, 9.17) is 0 Å². The molecule has 114 valence electrons. The van der Waals surface area contributed by atoms with Crippen molar-refractivity contribution in [1.29, 1.82) is 0 Å². The highest BCUT2D eigenvalue weighted by Gasteiger charge is 2.25. The Morgan fingerprint density at radius 3 is 1.85 bits per heavy atom. The van der Waals surface area contributed by atoms with Gasteiger partial charge in [0.15, 0.2) is 23.3 Å². The fourth-order valence-corrected chi connectivity index (χ4v) is 1.65. The molecule has 1 N–H and O–H groups in total. The number of anilines is 1. The third kappa shape index (κ3) is 3.39. The van der Waals surface area contributed by atoms with E-state index in [2.05, 4.69) is 5.32 Å². The van der Waals surface area contributed by atoms with Crippen molar-refractivity contribution >= 4 is 5.69 Å². The Labute approximate surface area is 114 Å². The van der Waals surface area contributed by atoms with Crippen LogP contribution in [0.1, 0.15) is 20.3 Å². The number of likely N-dealkylation sites (N-methyl/N-ethyl adjacent to an activating group) is 1. The highest BCUT2D eigenvalue weighted by Crippen LogP contribution is 2.26. The molecule has 20 heavy (non-hydrogen) atoms. The first-order chi connectivity index (χ1) is 9.31. The molecule has 0 spiro atoms. The first-order valence-electron chi connectivity index (χ1n) is 6.26. The summed E-state index contributed by atoms with van der Waals surface area (Å²) < 4.78 is 65.5. The zero-order valence-corrected chi connectivity index (χ0v) is 11.5. The molecule has 0 aromatic heterocycles. The molecule has 1 aromatic rings. The summed E-state index contributed by atoms with van der Waals surface area (Å²) in [6, 6.07) is 0.258. The first kappa shape index (κ1) is 16.7. The van der Waals surface area contributed by atoms with Crippen molar-refractivity contribution in [2.24, 2.45) is 0 Å². The van der Waals surface area contributed by atoms with Crippen molar-refractivity contribution in [3.63, 3.8) is 0 Å². The van der Waals surface area contributed by atoms with Gasteiger partial charge in [-0.1, -0.05) is 6.92 Å². The number of hydrogen-bond acceptors (Lipinski definition) is 2. The normalized spacial score (nSPS) is 12.8. The van der Waals surface area contributed by atoms with Crippen molar-refractivity contribution in [3.05, 3.63) is 29.1 Å². The van der Waals surface area contributed by atoms with Crippen LogP contribution in [0.2, 0.25) is 0 Å². The van der Waals surface area contributed by atoms with Crippen LogP contribution < -0.4 is 5.32 Å². The molecule has 1 aromatic carbocycles. The minimum Gasteiger partial charge on any atom is -0.379 e. The van der Waals surface area contributed by atoms with Gasteiger partial charge in [-0.15, -0.1) is 0 Å². The predicted molar refractivity (Wildman–Crippen MR) is 67.1 cm³/mol. The van der Waals surface area contributed by atoms with Crippen LogP contribution in [-0.2, 0) is 0 Å². The van der Waals surface area contributed by atoms with Crippen LogP contribution in [0.15, 0.2) is 0 Å². The van der Waals surface area contributed by atoms with Crippen molar-refractivity contribution in [2.75, 3.05) is 25.5 Å². The molecule has 0 aliphatic heterocycles. The van der Waals surface area contributed by atoms with Gasteiger partial charge in [0, 0.05) is 19.1 Å². The fourth-order valence-electron chi connectivity index (χ4n) is 1.65. The smallest absolute Gasteiger partial charge is 0.200 e. The van der Waals surface area contributed by atoms with Gasteiger partial charge in [-0.05, 0) is 20.4 Å². The van der Waals surface area contributed by atoms with E-state index in [1.165, 1.54) is 0 Å². The van der Waals surface area contributed by atoms with Gasteiger partial charge >= 0.3 is 0 Å². The Kier molecular flexibility index (Phi) is 5.74. The number of halogens is 5. The standard InChI is InChI=1S/C13H17F5N2/c1-4-7(2)20(3)6-5-19-13-11(17)9(15)8(14)10(16)12(13)18/h7,19H,4-6H2,1-3H3. The zero-order valence-electron chi connectivity index (χ0n) is 11.5. The summed E-state index contributed by atoms with van der Waals surface area (Å²) in [7, 11) is 1.81. The average Bonchev–Trinajstić information content (AvgIpc) is 2.45. The molecular formula is C13H17F5N2. The maximum absolute atomic E-state index is 13.4. The van der Waals surface area contributed by atoms with Crippen LogP contribution in [0.5, 0.6) is 0 Å². The number of nitrogens with zero attached hydrogens (tertiary/aromatic N) is 1. The molecular weight excluding hydrogens is 279 g/mol. The summed E-state index contributed by atoms with van der Waals surface area (Å²) in [6.07, 6.45) is 0.888. The number of nitrogens with one attached hydrogen (secondary N) is 1. The quantitative estimate of drug-likeness (QED) is 0.491. The second-order valence-corrected chi connectivity index (χ2v) is 4.61. The van der Waals surface area contributed by atoms with Gasteiger partial charge in [-0.3, -0.25) is 0 Å². The third-order valence-electron chi connectivity index (χ3n) is 3.32. The molecule has 2 nitrogen and oxygen atoms in total. The number of benzene rings is 1. The first-order valence-corrected chi connectivity index (χ1v) is 6.26. The molecule has 0 aliphatic rings. The van der Waals surface area contributed by atoms with E-state index >= 15 is 0 Å². The molecule has 1 rings (SSSR count). The highest BCUT2D eigenvalue weighted by molar-refractivity contribution is 5.47. The van der Waals surface area contributed by atoms with Crippen LogP contribution in [0, 0.1) is 29.1 Å². The van der Waals surface area contributed by atoms with Gasteiger partial charge < -0.3 is 10.2 Å². The summed E-state index contributed by atoms with van der Waals surface area (Å²) >= 11 is 0. The van der Waals surface area contributed by atoms with Gasteiger partial charge in [-0.2, -0.15) is 0 Å². The van der Waals surface area contributed by atoms with E-state index in [0.29, 0.717) is 6.54 Å². The monoisotopic (exact) mass is 296 g/mol. The van der Waals surface area contributed by atoms with Gasteiger partial charge in [0.1, 0.15) is 5.69 Å². The van der Waals surface area contributed by atoms with Crippen molar-refractivity contribution < 1.29 is 22.0 Å². The molecule has 1 atom stereocenters. The van der Waals surface area contributed by atoms with E-state index in [1.807, 2.05) is 25.8 Å². The maximum Gasteiger partial charge on any atom is 0.200 e. The van der Waals surface area contributed by atoms with Crippen molar-refractivity contribution in [1.82, 2.24) is 4.90 Å². The predicted octanol–water partition coefficient (Wildman–Crippen LogP) is 3.52. The van der Waals surface area contributed by atoms with Gasteiger partial charge in [0.05, 0.1) is 0 Å². The summed E-state index contributed by atoms with van der Waals surface area (Å²) in [4.78, 5) is 1.92. The minimum absolute atomic E-state index is 0.0686. The largest absolute Gasteiger partial charge is 0.379 e. The van der Waals surface area contributed by atoms with Gasteiger partial charge in [-0.25, -0.2) is 22.0 Å². The Morgan fingerprint density at radius 1 is 0.950 bits per heavy atom. The third-order valence-corrected chi connectivity index (χ3v) is 3.32. The van der Waals surface area contributed by atoms with Gasteiger partial charge in [0.2, 0.25) is 5.82 Å². The van der Waals surface area contributed by atoms with Crippen LogP contribution in [-0.4, -0.2) is 31.1 Å². The Balaban J connectivity index is 2.79. The lowest BCUT2D eigenvalue weighted by Gasteiger charge is -2.23. The summed E-state index contributed by atoms with van der Waals surface area (Å²) in [5.41, 5.74) is -0.987. The molecule has 0 saturated carbocycles. The maximum atomic E-state index is 13.4. The Bertz CT molecular complexity index is 449. The molecule has 0 radical (unpaired) electrons. The zero-order chi connectivity index (χ0) is 15.4. The lowest BCUT2D eigenvalue weighted by Crippen LogP contribution is -2.33. The van der Waals surface area contributed by atoms with Crippen LogP contribution in [0.3, 0.4) is 0 Å². The second kappa shape index (κ2) is 6.88. The molecule has 7 heteroatoms. The Morgan fingerprint density at radius 2 is 1.40 bits per heavy atom. The molecule has 0 amide bonds. The average molecular weight is 296 g/mol. The highest BCUT2D eigenvalue weighted by atomic mass is 19.2. The van der Waals surface area contributed by atoms with Crippen LogP contribution >= 0.6 is 0 Å². The molecule has 0 bridgehead atoms. The summed E-state index contributed by atoms with van der Waals surface area (Å²) in [6.45, 7) is 4.44. The van der Waals surface area contributed by atoms with E-state index in [1.54, 1.807) is 0 Å². The number of rotatable bonds is 6. The molecule has 0 heterocycles. The van der Waals surface area contributed by atoms with E-state index < -0.39 is 34.8 Å². The molecule has 0 aliphatic carbocycles. The van der Waals surface area contributed by atoms with Gasteiger partial charge in [0.25, 0.3) is 0 Å². The topological polar surface area (TPSA) is 15.3 Å². The summed E-state index contributed by atoms with van der Waals surface area (Å²) in [5, 5.41) is 2.26. The van der Waals surface area contributed by atoms with Crippen molar-refractivity contribution in [2.45, 2.75) is 26.3 Å². The van der Waals surface area contributed by atoms with E-state index in [0.717, 1.165) is 6.42 Å².